The standard InChI is InChI=1S/C22H16ClF2N3O3S/c23-15-7-3-1-5-13(15)18-11-26-20(30-18)10-9-19(29)28-22-27-16(12-32-22)14-6-2-4-8-17(14)31-21(24)25/h1-8,11-12,21H,9-10H2,(H,27,28,29). The molecule has 0 spiro atoms. The van der Waals surface area contributed by atoms with Crippen molar-refractivity contribution in [1.29, 1.82) is 0 Å². The Kier molecular flexibility index (Phi) is 6.77. The van der Waals surface area contributed by atoms with Crippen molar-refractivity contribution in [2.24, 2.45) is 0 Å². The Balaban J connectivity index is 1.36. The molecule has 2 aromatic heterocycles. The Hall–Kier alpha value is -3.30. The summed E-state index contributed by atoms with van der Waals surface area (Å²) in [5.74, 6) is 0.678. The zero-order chi connectivity index (χ0) is 22.5. The molecule has 4 aromatic rings. The zero-order valence-corrected chi connectivity index (χ0v) is 18.0. The smallest absolute Gasteiger partial charge is 0.387 e. The number of anilines is 1. The third-order valence-corrected chi connectivity index (χ3v) is 5.48. The normalized spacial score (nSPS) is 11.0. The number of carbonyl (C=O) groups excluding carboxylic acids is 1. The van der Waals surface area contributed by atoms with Crippen LogP contribution in [0, 0.1) is 0 Å². The zero-order valence-electron chi connectivity index (χ0n) is 16.4. The second-order valence-corrected chi connectivity index (χ2v) is 7.82. The summed E-state index contributed by atoms with van der Waals surface area (Å²) < 4.78 is 35.5. The number of carbonyl (C=O) groups is 1. The van der Waals surface area contributed by atoms with Gasteiger partial charge in [0.25, 0.3) is 0 Å². The van der Waals surface area contributed by atoms with E-state index in [0.717, 1.165) is 5.56 Å². The van der Waals surface area contributed by atoms with Crippen LogP contribution in [0.5, 0.6) is 5.75 Å². The number of halogens is 3. The number of aryl methyl sites for hydroxylation is 1. The van der Waals surface area contributed by atoms with E-state index < -0.39 is 6.61 Å². The van der Waals surface area contributed by atoms with Crippen LogP contribution in [-0.2, 0) is 11.2 Å². The maximum Gasteiger partial charge on any atom is 0.387 e. The van der Waals surface area contributed by atoms with Crippen molar-refractivity contribution >= 4 is 34.0 Å². The van der Waals surface area contributed by atoms with Crippen molar-refractivity contribution in [2.75, 3.05) is 5.32 Å². The molecule has 0 atom stereocenters. The summed E-state index contributed by atoms with van der Waals surface area (Å²) in [5, 5.41) is 5.26. The molecular formula is C22H16ClF2N3O3S. The molecular weight excluding hydrogens is 460 g/mol. The van der Waals surface area contributed by atoms with Gasteiger partial charge in [-0.05, 0) is 24.3 Å². The second kappa shape index (κ2) is 9.88. The van der Waals surface area contributed by atoms with Crippen LogP contribution in [0.15, 0.2) is 64.5 Å². The number of nitrogens with one attached hydrogen (secondary N) is 1. The highest BCUT2D eigenvalue weighted by atomic mass is 35.5. The number of oxazole rings is 1. The van der Waals surface area contributed by atoms with Crippen LogP contribution >= 0.6 is 22.9 Å². The van der Waals surface area contributed by atoms with E-state index in [2.05, 4.69) is 20.0 Å². The molecule has 10 heteroatoms. The third-order valence-electron chi connectivity index (χ3n) is 4.39. The summed E-state index contributed by atoms with van der Waals surface area (Å²) in [6.07, 6.45) is 1.99. The highest BCUT2D eigenvalue weighted by Gasteiger charge is 2.15. The van der Waals surface area contributed by atoms with Gasteiger partial charge in [-0.3, -0.25) is 4.79 Å². The summed E-state index contributed by atoms with van der Waals surface area (Å²) in [6.45, 7) is -2.94. The quantitative estimate of drug-likeness (QED) is 0.324. The molecule has 32 heavy (non-hydrogen) atoms. The van der Waals surface area contributed by atoms with Gasteiger partial charge in [-0.2, -0.15) is 8.78 Å². The van der Waals surface area contributed by atoms with Crippen molar-refractivity contribution in [2.45, 2.75) is 19.5 Å². The fraction of sp³-hybridized carbons (Fsp3) is 0.136. The first-order valence-electron chi connectivity index (χ1n) is 9.49. The Morgan fingerprint density at radius 3 is 2.69 bits per heavy atom. The molecule has 0 saturated heterocycles. The van der Waals surface area contributed by atoms with Crippen LogP contribution in [0.1, 0.15) is 12.3 Å². The predicted molar refractivity (Wildman–Crippen MR) is 118 cm³/mol. The number of thiazole rings is 1. The van der Waals surface area contributed by atoms with Crippen molar-refractivity contribution in [1.82, 2.24) is 9.97 Å². The summed E-state index contributed by atoms with van der Waals surface area (Å²) in [6, 6.07) is 13.6. The lowest BCUT2D eigenvalue weighted by atomic mass is 10.1. The van der Waals surface area contributed by atoms with E-state index in [1.54, 1.807) is 35.8 Å². The lowest BCUT2D eigenvalue weighted by molar-refractivity contribution is -0.116. The molecule has 1 amide bonds. The Bertz CT molecular complexity index is 1230. The van der Waals surface area contributed by atoms with Crippen molar-refractivity contribution < 1.29 is 22.7 Å². The molecule has 0 unspecified atom stereocenters. The molecule has 1 N–H and O–H groups in total. The highest BCUT2D eigenvalue weighted by molar-refractivity contribution is 7.14. The van der Waals surface area contributed by atoms with E-state index in [0.29, 0.717) is 39.5 Å². The second-order valence-electron chi connectivity index (χ2n) is 6.56. The highest BCUT2D eigenvalue weighted by Crippen LogP contribution is 2.33. The van der Waals surface area contributed by atoms with Crippen molar-refractivity contribution in [3.8, 4) is 28.3 Å². The summed E-state index contributed by atoms with van der Waals surface area (Å²) >= 11 is 7.35. The Morgan fingerprint density at radius 1 is 1.16 bits per heavy atom. The van der Waals surface area contributed by atoms with Gasteiger partial charge in [0, 0.05) is 29.3 Å². The SMILES string of the molecule is O=C(CCc1ncc(-c2ccccc2Cl)o1)Nc1nc(-c2ccccc2OC(F)F)cs1. The number of para-hydroxylation sites is 1. The molecule has 0 aliphatic rings. The minimum absolute atomic E-state index is 0.0175. The number of nitrogens with zero attached hydrogens (tertiary/aromatic N) is 2. The Labute approximate surface area is 190 Å². The number of hydrogen-bond donors (Lipinski definition) is 1. The first kappa shape index (κ1) is 21.9. The number of amides is 1. The monoisotopic (exact) mass is 475 g/mol. The number of alkyl halides is 2. The molecule has 2 aromatic carbocycles. The number of rotatable bonds is 8. The van der Waals surface area contributed by atoms with Gasteiger partial charge < -0.3 is 14.5 Å². The van der Waals surface area contributed by atoms with Gasteiger partial charge in [0.1, 0.15) is 5.75 Å². The van der Waals surface area contributed by atoms with Crippen LogP contribution in [0.25, 0.3) is 22.6 Å². The van der Waals surface area contributed by atoms with E-state index >= 15 is 0 Å². The molecule has 164 valence electrons. The van der Waals surface area contributed by atoms with Gasteiger partial charge in [0.2, 0.25) is 5.91 Å². The first-order chi connectivity index (χ1) is 15.5. The third kappa shape index (κ3) is 5.30. The minimum Gasteiger partial charge on any atom is -0.441 e. The van der Waals surface area contributed by atoms with Gasteiger partial charge >= 0.3 is 6.61 Å². The van der Waals surface area contributed by atoms with Crippen LogP contribution in [0.2, 0.25) is 5.02 Å². The lowest BCUT2D eigenvalue weighted by Gasteiger charge is -2.08. The molecule has 0 aliphatic carbocycles. The molecule has 0 saturated carbocycles. The van der Waals surface area contributed by atoms with E-state index in [-0.39, 0.29) is 18.1 Å². The molecule has 0 fully saturated rings. The van der Waals surface area contributed by atoms with Gasteiger partial charge in [0.05, 0.1) is 16.9 Å². The number of hydrogen-bond acceptors (Lipinski definition) is 6. The van der Waals surface area contributed by atoms with Gasteiger partial charge in [-0.1, -0.05) is 35.9 Å². The van der Waals surface area contributed by atoms with E-state index in [1.807, 2.05) is 18.2 Å². The fourth-order valence-electron chi connectivity index (χ4n) is 2.95. The average Bonchev–Trinajstić information content (AvgIpc) is 3.42. The molecule has 4 rings (SSSR count). The average molecular weight is 476 g/mol. The number of aromatic nitrogens is 2. The van der Waals surface area contributed by atoms with Crippen molar-refractivity contribution in [3.63, 3.8) is 0 Å². The fourth-order valence-corrected chi connectivity index (χ4v) is 3.90. The number of ether oxygens (including phenoxy) is 1. The maximum absolute atomic E-state index is 12.6. The summed E-state index contributed by atoms with van der Waals surface area (Å²) in [5.41, 5.74) is 1.57. The number of benzene rings is 2. The topological polar surface area (TPSA) is 77.3 Å². The van der Waals surface area contributed by atoms with Crippen LogP contribution in [0.4, 0.5) is 13.9 Å². The largest absolute Gasteiger partial charge is 0.441 e. The molecule has 6 nitrogen and oxygen atoms in total. The first-order valence-corrected chi connectivity index (χ1v) is 10.7. The van der Waals surface area contributed by atoms with Gasteiger partial charge in [-0.15, -0.1) is 11.3 Å². The molecule has 0 aliphatic heterocycles. The van der Waals surface area contributed by atoms with Crippen LogP contribution in [-0.4, -0.2) is 22.5 Å². The Morgan fingerprint density at radius 2 is 1.91 bits per heavy atom. The van der Waals surface area contributed by atoms with Gasteiger partial charge in [0.15, 0.2) is 16.8 Å². The lowest BCUT2D eigenvalue weighted by Crippen LogP contribution is -2.12. The maximum atomic E-state index is 12.6. The van der Waals surface area contributed by atoms with E-state index in [1.165, 1.54) is 17.4 Å². The minimum atomic E-state index is -2.94. The molecule has 2 heterocycles. The van der Waals surface area contributed by atoms with Crippen LogP contribution < -0.4 is 10.1 Å². The predicted octanol–water partition coefficient (Wildman–Crippen LogP) is 6.29. The van der Waals surface area contributed by atoms with Crippen LogP contribution in [0.3, 0.4) is 0 Å². The molecule has 0 bridgehead atoms. The summed E-state index contributed by atoms with van der Waals surface area (Å²) in [4.78, 5) is 20.8. The van der Waals surface area contributed by atoms with Gasteiger partial charge in [-0.25, -0.2) is 9.97 Å². The molecule has 0 radical (unpaired) electrons. The summed E-state index contributed by atoms with van der Waals surface area (Å²) in [7, 11) is 0. The van der Waals surface area contributed by atoms with Crippen molar-refractivity contribution in [3.05, 3.63) is 71.0 Å². The van der Waals surface area contributed by atoms with E-state index in [4.69, 9.17) is 16.0 Å². The van der Waals surface area contributed by atoms with E-state index in [9.17, 15) is 13.6 Å².